The highest BCUT2D eigenvalue weighted by molar-refractivity contribution is 6.06. The minimum Gasteiger partial charge on any atom is -0.461 e. The van der Waals surface area contributed by atoms with Gasteiger partial charge in [0.2, 0.25) is 5.96 Å². The summed E-state index contributed by atoms with van der Waals surface area (Å²) < 4.78 is 10.3. The number of aryl methyl sites for hydroxylation is 1. The van der Waals surface area contributed by atoms with Crippen molar-refractivity contribution >= 4 is 34.4 Å². The maximum Gasteiger partial charge on any atom is 0.284 e. The molecule has 0 saturated heterocycles. The fourth-order valence-corrected chi connectivity index (χ4v) is 2.17. The van der Waals surface area contributed by atoms with Crippen molar-refractivity contribution in [2.24, 2.45) is 16.5 Å². The lowest BCUT2D eigenvalue weighted by Crippen LogP contribution is -2.36. The zero-order chi connectivity index (χ0) is 17.3. The third kappa shape index (κ3) is 3.12. The van der Waals surface area contributed by atoms with Gasteiger partial charge in [-0.3, -0.25) is 14.9 Å². The summed E-state index contributed by atoms with van der Waals surface area (Å²) in [5, 5.41) is 3.29. The second-order valence-electron chi connectivity index (χ2n) is 5.09. The fraction of sp³-hybridized carbons (Fsp3) is 0.0625. The van der Waals surface area contributed by atoms with E-state index < -0.39 is 11.8 Å². The summed E-state index contributed by atoms with van der Waals surface area (Å²) in [5.74, 6) is -0.748. The van der Waals surface area contributed by atoms with Crippen LogP contribution < -0.4 is 16.8 Å². The zero-order valence-electron chi connectivity index (χ0n) is 12.7. The van der Waals surface area contributed by atoms with E-state index in [4.69, 9.17) is 20.3 Å². The predicted octanol–water partition coefficient (Wildman–Crippen LogP) is 1.81. The Bertz CT molecular complexity index is 968. The number of hydrogen-bond acceptors (Lipinski definition) is 5. The Morgan fingerprint density at radius 1 is 1.17 bits per heavy atom. The predicted molar refractivity (Wildman–Crippen MR) is 86.9 cm³/mol. The summed E-state index contributed by atoms with van der Waals surface area (Å²) in [7, 11) is 0. The Kier molecular flexibility index (Phi) is 3.78. The summed E-state index contributed by atoms with van der Waals surface area (Å²) in [4.78, 5) is 27.1. The number of guanidine groups is 1. The molecule has 0 bridgehead atoms. The van der Waals surface area contributed by atoms with Crippen molar-refractivity contribution in [3.05, 3.63) is 53.7 Å². The van der Waals surface area contributed by atoms with Crippen LogP contribution in [0.1, 0.15) is 26.7 Å². The average molecular weight is 326 g/mol. The topological polar surface area (TPSA) is 137 Å². The number of amides is 2. The molecular formula is C16H14N4O4. The monoisotopic (exact) mass is 326 g/mol. The van der Waals surface area contributed by atoms with Gasteiger partial charge in [0.1, 0.15) is 17.6 Å². The Balaban J connectivity index is 1.76. The molecule has 24 heavy (non-hydrogen) atoms. The first-order chi connectivity index (χ1) is 11.4. The Hall–Kier alpha value is -3.55. The number of primary amides is 1. The SMILES string of the molecule is Cc1cc2cc(N=C(N)NC(=O)c3coc(C(N)=O)c3)ccc2o1. The van der Waals surface area contributed by atoms with Crippen molar-refractivity contribution in [1.29, 1.82) is 0 Å². The molecule has 0 radical (unpaired) electrons. The normalized spacial score (nSPS) is 11.6. The van der Waals surface area contributed by atoms with Gasteiger partial charge < -0.3 is 20.3 Å². The molecule has 0 unspecified atom stereocenters. The number of fused-ring (bicyclic) bond motifs is 1. The van der Waals surface area contributed by atoms with Crippen molar-refractivity contribution in [3.8, 4) is 0 Å². The van der Waals surface area contributed by atoms with Gasteiger partial charge in [0.15, 0.2) is 5.76 Å². The van der Waals surface area contributed by atoms with Gasteiger partial charge in [0.05, 0.1) is 11.3 Å². The quantitative estimate of drug-likeness (QED) is 0.498. The van der Waals surface area contributed by atoms with Gasteiger partial charge in [0, 0.05) is 11.5 Å². The first-order valence-electron chi connectivity index (χ1n) is 6.96. The molecular weight excluding hydrogens is 312 g/mol. The van der Waals surface area contributed by atoms with Gasteiger partial charge in [-0.15, -0.1) is 0 Å². The van der Waals surface area contributed by atoms with Gasteiger partial charge in [-0.2, -0.15) is 0 Å². The Morgan fingerprint density at radius 2 is 1.96 bits per heavy atom. The van der Waals surface area contributed by atoms with Crippen LogP contribution in [-0.2, 0) is 0 Å². The number of nitrogens with one attached hydrogen (secondary N) is 1. The maximum absolute atomic E-state index is 12.0. The van der Waals surface area contributed by atoms with Gasteiger partial charge in [-0.25, -0.2) is 4.99 Å². The summed E-state index contributed by atoms with van der Waals surface area (Å²) in [6.45, 7) is 1.85. The molecule has 0 fully saturated rings. The first-order valence-corrected chi connectivity index (χ1v) is 6.96. The van der Waals surface area contributed by atoms with Crippen LogP contribution >= 0.6 is 0 Å². The molecule has 2 aromatic heterocycles. The highest BCUT2D eigenvalue weighted by atomic mass is 16.3. The number of hydrogen-bond donors (Lipinski definition) is 3. The van der Waals surface area contributed by atoms with Gasteiger partial charge in [-0.05, 0) is 31.2 Å². The van der Waals surface area contributed by atoms with Crippen LogP contribution in [0.3, 0.4) is 0 Å². The molecule has 0 atom stereocenters. The Labute approximate surface area is 136 Å². The van der Waals surface area contributed by atoms with Crippen molar-refractivity contribution in [3.63, 3.8) is 0 Å². The summed E-state index contributed by atoms with van der Waals surface area (Å²) in [5.41, 5.74) is 12.2. The highest BCUT2D eigenvalue weighted by Crippen LogP contribution is 2.24. The molecule has 8 nitrogen and oxygen atoms in total. The van der Waals surface area contributed by atoms with Crippen LogP contribution in [0.5, 0.6) is 0 Å². The van der Waals surface area contributed by atoms with Crippen molar-refractivity contribution in [2.45, 2.75) is 6.92 Å². The lowest BCUT2D eigenvalue weighted by Gasteiger charge is -2.02. The molecule has 2 heterocycles. The van der Waals surface area contributed by atoms with Gasteiger partial charge in [0.25, 0.3) is 11.8 Å². The molecule has 0 saturated carbocycles. The first kappa shape index (κ1) is 15.3. The number of carbonyl (C=O) groups is 2. The van der Waals surface area contributed by atoms with Crippen molar-refractivity contribution in [1.82, 2.24) is 5.32 Å². The van der Waals surface area contributed by atoms with E-state index in [1.807, 2.05) is 13.0 Å². The third-order valence-electron chi connectivity index (χ3n) is 3.22. The molecule has 0 spiro atoms. The smallest absolute Gasteiger partial charge is 0.284 e. The largest absolute Gasteiger partial charge is 0.461 e. The number of furan rings is 2. The summed E-state index contributed by atoms with van der Waals surface area (Å²) in [6.07, 6.45) is 1.11. The van der Waals surface area contributed by atoms with Crippen molar-refractivity contribution in [2.75, 3.05) is 0 Å². The zero-order valence-corrected chi connectivity index (χ0v) is 12.7. The van der Waals surface area contributed by atoms with Crippen LogP contribution in [0.25, 0.3) is 11.0 Å². The van der Waals surface area contributed by atoms with Gasteiger partial charge >= 0.3 is 0 Å². The van der Waals surface area contributed by atoms with E-state index in [2.05, 4.69) is 10.3 Å². The van der Waals surface area contributed by atoms with Gasteiger partial charge in [-0.1, -0.05) is 0 Å². The lowest BCUT2D eigenvalue weighted by atomic mass is 10.2. The lowest BCUT2D eigenvalue weighted by molar-refractivity contribution is 0.0966. The van der Waals surface area contributed by atoms with Crippen LogP contribution in [0.15, 0.2) is 50.4 Å². The van der Waals surface area contributed by atoms with E-state index in [-0.39, 0.29) is 17.3 Å². The van der Waals surface area contributed by atoms with E-state index in [1.54, 1.807) is 18.2 Å². The number of carbonyl (C=O) groups excluding carboxylic acids is 2. The molecule has 5 N–H and O–H groups in total. The average Bonchev–Trinajstić information content (AvgIpc) is 3.12. The number of benzene rings is 1. The molecule has 122 valence electrons. The van der Waals surface area contributed by atoms with Crippen LogP contribution in [0, 0.1) is 6.92 Å². The van der Waals surface area contributed by atoms with Crippen LogP contribution in [0.4, 0.5) is 5.69 Å². The molecule has 0 aliphatic heterocycles. The van der Waals surface area contributed by atoms with E-state index in [0.717, 1.165) is 23.0 Å². The van der Waals surface area contributed by atoms with E-state index in [9.17, 15) is 9.59 Å². The standard InChI is InChI=1S/C16H14N4O4/c1-8-4-9-5-11(2-3-12(9)24-8)19-16(18)20-15(22)10-6-13(14(17)21)23-7-10/h2-7H,1H3,(H2,17,21)(H3,18,19,20,22). The molecule has 8 heteroatoms. The van der Waals surface area contributed by atoms with E-state index in [0.29, 0.717) is 5.69 Å². The summed E-state index contributed by atoms with van der Waals surface area (Å²) >= 11 is 0. The van der Waals surface area contributed by atoms with E-state index >= 15 is 0 Å². The molecule has 2 amide bonds. The minimum absolute atomic E-state index is 0.0959. The Morgan fingerprint density at radius 3 is 2.67 bits per heavy atom. The van der Waals surface area contributed by atoms with E-state index in [1.165, 1.54) is 6.07 Å². The fourth-order valence-electron chi connectivity index (χ4n) is 2.17. The number of aliphatic imine (C=N–C) groups is 1. The number of nitrogens with zero attached hydrogens (tertiary/aromatic N) is 1. The van der Waals surface area contributed by atoms with Crippen LogP contribution in [0.2, 0.25) is 0 Å². The van der Waals surface area contributed by atoms with Crippen LogP contribution in [-0.4, -0.2) is 17.8 Å². The minimum atomic E-state index is -0.764. The molecule has 0 aliphatic rings. The second-order valence-corrected chi connectivity index (χ2v) is 5.09. The maximum atomic E-state index is 12.0. The molecule has 1 aromatic carbocycles. The second kappa shape index (κ2) is 5.92. The third-order valence-corrected chi connectivity index (χ3v) is 3.22. The molecule has 0 aliphatic carbocycles. The molecule has 3 rings (SSSR count). The number of nitrogens with two attached hydrogens (primary N) is 2. The number of rotatable bonds is 3. The van der Waals surface area contributed by atoms with Crippen molar-refractivity contribution < 1.29 is 18.4 Å². The summed E-state index contributed by atoms with van der Waals surface area (Å²) in [6, 6.07) is 8.37. The molecule has 3 aromatic rings. The highest BCUT2D eigenvalue weighted by Gasteiger charge is 2.14.